The van der Waals surface area contributed by atoms with E-state index in [4.69, 9.17) is 9.47 Å². The fraction of sp³-hybridized carbons (Fsp3) is 0.385. The van der Waals surface area contributed by atoms with Gasteiger partial charge >= 0.3 is 0 Å². The van der Waals surface area contributed by atoms with E-state index >= 15 is 0 Å². The average molecular weight is 483 g/mol. The number of nitro groups is 1. The van der Waals surface area contributed by atoms with Crippen molar-refractivity contribution >= 4 is 23.1 Å². The lowest BCUT2D eigenvalue weighted by molar-refractivity contribution is -0.384. The third-order valence-electron chi connectivity index (χ3n) is 5.74. The number of non-ortho nitro benzene ring substituents is 1. The number of carbonyl (C=O) groups is 2. The number of rotatable bonds is 10. The van der Waals surface area contributed by atoms with Gasteiger partial charge in [-0.15, -0.1) is 0 Å². The summed E-state index contributed by atoms with van der Waals surface area (Å²) >= 11 is 0. The van der Waals surface area contributed by atoms with E-state index in [1.807, 2.05) is 13.8 Å². The molecule has 2 aromatic carbocycles. The van der Waals surface area contributed by atoms with E-state index in [1.165, 1.54) is 29.2 Å². The number of hydrogen-bond donors (Lipinski definition) is 1. The van der Waals surface area contributed by atoms with Gasteiger partial charge in [-0.25, -0.2) is 0 Å². The van der Waals surface area contributed by atoms with E-state index < -0.39 is 22.7 Å². The Morgan fingerprint density at radius 1 is 1.17 bits per heavy atom. The number of carbonyl (C=O) groups excluding carboxylic acids is 2. The Balaban J connectivity index is 2.07. The van der Waals surface area contributed by atoms with Crippen LogP contribution in [0.3, 0.4) is 0 Å². The molecule has 2 aromatic rings. The fourth-order valence-electron chi connectivity index (χ4n) is 4.01. The zero-order chi connectivity index (χ0) is 25.7. The Hall–Kier alpha value is -3.72. The number of amides is 1. The molecule has 1 saturated heterocycles. The van der Waals surface area contributed by atoms with Gasteiger partial charge in [0.2, 0.25) is 0 Å². The summed E-state index contributed by atoms with van der Waals surface area (Å²) in [5.74, 6) is -0.851. The lowest BCUT2D eigenvalue weighted by Gasteiger charge is -2.25. The van der Waals surface area contributed by atoms with Gasteiger partial charge in [-0.1, -0.05) is 13.8 Å². The number of ether oxygens (including phenoxy) is 2. The molecule has 9 heteroatoms. The van der Waals surface area contributed by atoms with Crippen LogP contribution in [0.1, 0.15) is 43.0 Å². The van der Waals surface area contributed by atoms with Crippen molar-refractivity contribution in [1.29, 1.82) is 0 Å². The van der Waals surface area contributed by atoms with Crippen LogP contribution in [0.4, 0.5) is 5.69 Å². The number of aliphatic hydroxyl groups is 1. The highest BCUT2D eigenvalue weighted by Crippen LogP contribution is 2.40. The first-order valence-electron chi connectivity index (χ1n) is 11.4. The fourth-order valence-corrected chi connectivity index (χ4v) is 4.01. The molecule has 3 rings (SSSR count). The summed E-state index contributed by atoms with van der Waals surface area (Å²) in [4.78, 5) is 38.0. The molecule has 0 unspecified atom stereocenters. The third kappa shape index (κ3) is 5.68. The highest BCUT2D eigenvalue weighted by Gasteiger charge is 2.46. The Labute approximate surface area is 204 Å². The summed E-state index contributed by atoms with van der Waals surface area (Å²) < 4.78 is 10.8. The van der Waals surface area contributed by atoms with Crippen molar-refractivity contribution in [3.8, 4) is 5.75 Å². The van der Waals surface area contributed by atoms with Crippen LogP contribution in [0.15, 0.2) is 48.0 Å². The van der Waals surface area contributed by atoms with E-state index in [2.05, 4.69) is 0 Å². The molecular formula is C26H30N2O7. The number of ketones is 1. The van der Waals surface area contributed by atoms with Crippen LogP contribution in [0, 0.1) is 23.0 Å². The number of Topliss-reactive ketones (excluding diaryl/α,β-unsaturated/α-hetero) is 1. The molecule has 0 aliphatic carbocycles. The smallest absolute Gasteiger partial charge is 0.295 e. The van der Waals surface area contributed by atoms with Gasteiger partial charge in [-0.3, -0.25) is 19.7 Å². The molecule has 1 fully saturated rings. The van der Waals surface area contributed by atoms with Gasteiger partial charge in [0, 0.05) is 38.0 Å². The number of nitrogens with zero attached hydrogens (tertiary/aromatic N) is 2. The first-order valence-corrected chi connectivity index (χ1v) is 11.4. The van der Waals surface area contributed by atoms with Crippen molar-refractivity contribution in [2.24, 2.45) is 5.92 Å². The van der Waals surface area contributed by atoms with Crippen LogP contribution in [-0.4, -0.2) is 53.5 Å². The number of hydrogen-bond acceptors (Lipinski definition) is 7. The average Bonchev–Trinajstić information content (AvgIpc) is 3.07. The van der Waals surface area contributed by atoms with Crippen LogP contribution in [0.25, 0.3) is 5.76 Å². The van der Waals surface area contributed by atoms with Crippen molar-refractivity contribution in [3.05, 3.63) is 74.8 Å². The second kappa shape index (κ2) is 11.1. The molecule has 9 nitrogen and oxygen atoms in total. The van der Waals surface area contributed by atoms with Gasteiger partial charge in [0.25, 0.3) is 17.4 Å². The molecule has 35 heavy (non-hydrogen) atoms. The molecule has 0 spiro atoms. The van der Waals surface area contributed by atoms with Gasteiger partial charge in [0.15, 0.2) is 0 Å². The maximum atomic E-state index is 13.1. The van der Waals surface area contributed by atoms with Crippen LogP contribution >= 0.6 is 0 Å². The molecule has 0 bridgehead atoms. The Bertz CT molecular complexity index is 1140. The molecular weight excluding hydrogens is 452 g/mol. The van der Waals surface area contributed by atoms with E-state index in [0.717, 1.165) is 0 Å². The molecule has 1 atom stereocenters. The third-order valence-corrected chi connectivity index (χ3v) is 5.74. The number of aryl methyl sites for hydroxylation is 1. The van der Waals surface area contributed by atoms with Crippen LogP contribution < -0.4 is 4.74 Å². The lowest BCUT2D eigenvalue weighted by Crippen LogP contribution is -2.31. The molecule has 0 aromatic heterocycles. The second-order valence-electron chi connectivity index (χ2n) is 8.87. The van der Waals surface area contributed by atoms with E-state index in [-0.39, 0.29) is 23.6 Å². The molecule has 1 aliphatic rings. The largest absolute Gasteiger partial charge is 0.507 e. The zero-order valence-electron chi connectivity index (χ0n) is 20.3. The molecule has 186 valence electrons. The maximum absolute atomic E-state index is 13.1. The molecule has 1 aliphatic heterocycles. The number of benzene rings is 2. The SMILES string of the molecule is COCCCN1C(=O)C(=O)/C(=C(/O)c2ccc(OCC(C)C)cc2C)[C@H]1c1ccc([N+](=O)[O-])cc1. The van der Waals surface area contributed by atoms with Crippen LogP contribution in [-0.2, 0) is 14.3 Å². The molecule has 1 amide bonds. The maximum Gasteiger partial charge on any atom is 0.295 e. The standard InChI is InChI=1S/C26H30N2O7/c1-16(2)15-35-20-10-11-21(17(3)14-20)24(29)22-23(18-6-8-19(9-7-18)28(32)33)27(12-5-13-34-4)26(31)25(22)30/h6-11,14,16,23,29H,5,12-13,15H2,1-4H3/b24-22+/t23-/m1/s1. The summed E-state index contributed by atoms with van der Waals surface area (Å²) in [7, 11) is 1.54. The van der Waals surface area contributed by atoms with Crippen molar-refractivity contribution in [2.45, 2.75) is 33.2 Å². The summed E-state index contributed by atoms with van der Waals surface area (Å²) in [5, 5.41) is 22.4. The van der Waals surface area contributed by atoms with Gasteiger partial charge in [0.1, 0.15) is 11.5 Å². The highest BCUT2D eigenvalue weighted by molar-refractivity contribution is 6.46. The molecule has 0 radical (unpaired) electrons. The van der Waals surface area contributed by atoms with Gasteiger partial charge in [0.05, 0.1) is 23.1 Å². The van der Waals surface area contributed by atoms with Gasteiger partial charge in [-0.2, -0.15) is 0 Å². The predicted molar refractivity (Wildman–Crippen MR) is 130 cm³/mol. The number of aliphatic hydroxyl groups excluding tert-OH is 1. The van der Waals surface area contributed by atoms with Crippen molar-refractivity contribution in [2.75, 3.05) is 26.9 Å². The van der Waals surface area contributed by atoms with Gasteiger partial charge < -0.3 is 19.5 Å². The minimum atomic E-state index is -0.885. The summed E-state index contributed by atoms with van der Waals surface area (Å²) in [5.41, 5.74) is 1.40. The van der Waals surface area contributed by atoms with Crippen molar-refractivity contribution in [3.63, 3.8) is 0 Å². The quantitative estimate of drug-likeness (QED) is 0.133. The summed E-state index contributed by atoms with van der Waals surface area (Å²) in [6.45, 7) is 7.00. The van der Waals surface area contributed by atoms with Crippen molar-refractivity contribution < 1.29 is 29.1 Å². The number of likely N-dealkylation sites (tertiary alicyclic amines) is 1. The summed E-state index contributed by atoms with van der Waals surface area (Å²) in [6, 6.07) is 9.89. The Morgan fingerprint density at radius 2 is 1.86 bits per heavy atom. The van der Waals surface area contributed by atoms with E-state index in [9.17, 15) is 24.8 Å². The minimum Gasteiger partial charge on any atom is -0.507 e. The predicted octanol–water partition coefficient (Wildman–Crippen LogP) is 4.40. The molecule has 1 heterocycles. The topological polar surface area (TPSA) is 119 Å². The Morgan fingerprint density at radius 3 is 2.43 bits per heavy atom. The first-order chi connectivity index (χ1) is 16.6. The van der Waals surface area contributed by atoms with E-state index in [1.54, 1.807) is 32.2 Å². The van der Waals surface area contributed by atoms with Crippen molar-refractivity contribution in [1.82, 2.24) is 4.90 Å². The first kappa shape index (κ1) is 25.9. The lowest BCUT2D eigenvalue weighted by atomic mass is 9.93. The monoisotopic (exact) mass is 482 g/mol. The van der Waals surface area contributed by atoms with Crippen LogP contribution in [0.5, 0.6) is 5.75 Å². The zero-order valence-corrected chi connectivity index (χ0v) is 20.3. The van der Waals surface area contributed by atoms with E-state index in [0.29, 0.717) is 48.0 Å². The number of methoxy groups -OCH3 is 1. The summed E-state index contributed by atoms with van der Waals surface area (Å²) in [6.07, 6.45) is 0.480. The van der Waals surface area contributed by atoms with Crippen LogP contribution in [0.2, 0.25) is 0 Å². The molecule has 1 N–H and O–H groups in total. The number of nitro benzene ring substituents is 1. The normalized spacial score (nSPS) is 17.3. The second-order valence-corrected chi connectivity index (χ2v) is 8.87. The minimum absolute atomic E-state index is 0.0554. The highest BCUT2D eigenvalue weighted by atomic mass is 16.6. The Kier molecular flexibility index (Phi) is 8.24. The molecule has 0 saturated carbocycles. The van der Waals surface area contributed by atoms with Gasteiger partial charge in [-0.05, 0) is 60.7 Å².